The van der Waals surface area contributed by atoms with E-state index in [4.69, 9.17) is 0 Å². The highest BCUT2D eigenvalue weighted by atomic mass is 79.9. The molecule has 0 radical (unpaired) electrons. The molecule has 0 bridgehead atoms. The van der Waals surface area contributed by atoms with E-state index in [0.29, 0.717) is 6.42 Å². The van der Waals surface area contributed by atoms with Crippen LogP contribution in [0.3, 0.4) is 0 Å². The Kier molecular flexibility index (Phi) is 4.45. The lowest BCUT2D eigenvalue weighted by Gasteiger charge is -2.32. The maximum atomic E-state index is 11.3. The Labute approximate surface area is 119 Å². The molecule has 1 heterocycles. The van der Waals surface area contributed by atoms with Crippen LogP contribution in [0.1, 0.15) is 41.5 Å². The lowest BCUT2D eigenvalue weighted by molar-refractivity contribution is -0.147. The van der Waals surface area contributed by atoms with Crippen LogP contribution in [-0.2, 0) is 4.79 Å². The van der Waals surface area contributed by atoms with Crippen molar-refractivity contribution < 1.29 is 15.0 Å². The van der Waals surface area contributed by atoms with Crippen LogP contribution >= 0.6 is 27.3 Å². The minimum absolute atomic E-state index is 0.161. The van der Waals surface area contributed by atoms with Crippen molar-refractivity contribution in [1.82, 2.24) is 0 Å². The van der Waals surface area contributed by atoms with Gasteiger partial charge in [-0.1, -0.05) is 12.8 Å². The number of carbonyl (C=O) groups is 1. The zero-order chi connectivity index (χ0) is 13.3. The highest BCUT2D eigenvalue weighted by Crippen LogP contribution is 2.43. The summed E-state index contributed by atoms with van der Waals surface area (Å²) in [4.78, 5) is 13.3. The molecule has 2 rings (SSSR count). The molecule has 0 aliphatic heterocycles. The van der Waals surface area contributed by atoms with Gasteiger partial charge in [0.25, 0.3) is 0 Å². The second-order valence-corrected chi connectivity index (χ2v) is 7.05. The third-order valence-electron chi connectivity index (χ3n) is 3.65. The van der Waals surface area contributed by atoms with Crippen molar-refractivity contribution in [3.8, 4) is 0 Å². The smallest absolute Gasteiger partial charge is 0.306 e. The highest BCUT2D eigenvalue weighted by molar-refractivity contribution is 9.10. The summed E-state index contributed by atoms with van der Waals surface area (Å²) < 4.78 is 0.896. The number of aliphatic hydroxyl groups excluding tert-OH is 1. The van der Waals surface area contributed by atoms with Crippen molar-refractivity contribution in [2.75, 3.05) is 0 Å². The van der Waals surface area contributed by atoms with E-state index in [1.165, 1.54) is 0 Å². The fraction of sp³-hybridized carbons (Fsp3) is 0.615. The molecule has 100 valence electrons. The third-order valence-corrected chi connectivity index (χ3v) is 5.69. The first-order chi connectivity index (χ1) is 8.50. The van der Waals surface area contributed by atoms with Gasteiger partial charge < -0.3 is 10.2 Å². The minimum Gasteiger partial charge on any atom is -0.481 e. The van der Waals surface area contributed by atoms with Crippen LogP contribution < -0.4 is 0 Å². The maximum Gasteiger partial charge on any atom is 0.306 e. The van der Waals surface area contributed by atoms with Crippen LogP contribution in [-0.4, -0.2) is 16.2 Å². The van der Waals surface area contributed by atoms with Gasteiger partial charge in [-0.05, 0) is 41.8 Å². The van der Waals surface area contributed by atoms with Gasteiger partial charge in [0.2, 0.25) is 0 Å². The number of halogens is 1. The molecular weight excluding hydrogens is 316 g/mol. The van der Waals surface area contributed by atoms with Gasteiger partial charge in [0.05, 0.1) is 12.0 Å². The van der Waals surface area contributed by atoms with Gasteiger partial charge in [-0.2, -0.15) is 0 Å². The minimum atomic E-state index is -0.775. The molecule has 1 aromatic heterocycles. The second kappa shape index (κ2) is 5.72. The van der Waals surface area contributed by atoms with Crippen LogP contribution in [0.25, 0.3) is 0 Å². The monoisotopic (exact) mass is 332 g/mol. The molecule has 18 heavy (non-hydrogen) atoms. The van der Waals surface area contributed by atoms with Crippen LogP contribution in [0.15, 0.2) is 10.5 Å². The molecule has 1 fully saturated rings. The quantitative estimate of drug-likeness (QED) is 0.886. The summed E-state index contributed by atoms with van der Waals surface area (Å²) in [5.41, 5.74) is 0. The van der Waals surface area contributed by atoms with E-state index < -0.39 is 18.0 Å². The van der Waals surface area contributed by atoms with Crippen LogP contribution in [0.5, 0.6) is 0 Å². The van der Waals surface area contributed by atoms with Crippen molar-refractivity contribution in [3.05, 3.63) is 20.3 Å². The van der Waals surface area contributed by atoms with E-state index in [0.717, 1.165) is 33.5 Å². The number of aliphatic hydroxyl groups is 1. The van der Waals surface area contributed by atoms with E-state index in [1.54, 1.807) is 11.3 Å². The van der Waals surface area contributed by atoms with E-state index in [1.807, 2.05) is 13.0 Å². The van der Waals surface area contributed by atoms with Gasteiger partial charge in [0, 0.05) is 20.1 Å². The molecule has 0 spiro atoms. The molecule has 5 heteroatoms. The standard InChI is InChI=1S/C13H17BrO3S/c1-7-6-10(14)12(18-7)11(15)8-4-2-3-5-9(8)13(16)17/h6,8-9,11,15H,2-5H2,1H3,(H,16,17). The number of aliphatic carboxylic acids is 1. The molecule has 3 unspecified atom stereocenters. The number of hydrogen-bond donors (Lipinski definition) is 2. The predicted molar refractivity (Wildman–Crippen MR) is 74.8 cm³/mol. The van der Waals surface area contributed by atoms with Gasteiger partial charge in [0.15, 0.2) is 0 Å². The van der Waals surface area contributed by atoms with Crippen LogP contribution in [0.2, 0.25) is 0 Å². The Bertz CT molecular complexity index is 443. The fourth-order valence-corrected chi connectivity index (χ4v) is 4.69. The van der Waals surface area contributed by atoms with Gasteiger partial charge in [-0.15, -0.1) is 11.3 Å². The second-order valence-electron chi connectivity index (χ2n) is 4.91. The number of thiophene rings is 1. The van der Waals surface area contributed by atoms with Crippen molar-refractivity contribution in [1.29, 1.82) is 0 Å². The molecule has 1 aliphatic carbocycles. The van der Waals surface area contributed by atoms with Gasteiger partial charge >= 0.3 is 5.97 Å². The molecule has 0 aromatic carbocycles. The topological polar surface area (TPSA) is 57.5 Å². The average molecular weight is 333 g/mol. The lowest BCUT2D eigenvalue weighted by atomic mass is 9.76. The maximum absolute atomic E-state index is 11.3. The number of rotatable bonds is 3. The first-order valence-corrected chi connectivity index (χ1v) is 7.78. The fourth-order valence-electron chi connectivity index (χ4n) is 2.74. The third kappa shape index (κ3) is 2.78. The molecule has 2 N–H and O–H groups in total. The summed E-state index contributed by atoms with van der Waals surface area (Å²) in [5, 5.41) is 19.7. The Hall–Kier alpha value is -0.390. The van der Waals surface area contributed by atoms with Gasteiger partial charge in [0.1, 0.15) is 0 Å². The van der Waals surface area contributed by atoms with Crippen molar-refractivity contribution in [2.45, 2.75) is 38.7 Å². The summed E-state index contributed by atoms with van der Waals surface area (Å²) in [6.07, 6.45) is 2.76. The normalized spacial score (nSPS) is 25.9. The molecule has 3 atom stereocenters. The number of carboxylic acid groups (broad SMARTS) is 1. The summed E-state index contributed by atoms with van der Waals surface area (Å²) in [5.74, 6) is -1.35. The SMILES string of the molecule is Cc1cc(Br)c(C(O)C2CCCCC2C(=O)O)s1. The predicted octanol–water partition coefficient (Wildman–Crippen LogP) is 3.74. The molecule has 0 amide bonds. The van der Waals surface area contributed by atoms with Crippen molar-refractivity contribution in [3.63, 3.8) is 0 Å². The first-order valence-electron chi connectivity index (χ1n) is 6.17. The van der Waals surface area contributed by atoms with E-state index in [-0.39, 0.29) is 5.92 Å². The zero-order valence-electron chi connectivity index (χ0n) is 10.2. The van der Waals surface area contributed by atoms with E-state index in [2.05, 4.69) is 15.9 Å². The first kappa shape index (κ1) is 14.0. The Balaban J connectivity index is 2.23. The molecule has 1 aromatic rings. The van der Waals surface area contributed by atoms with Crippen LogP contribution in [0, 0.1) is 18.8 Å². The molecular formula is C13H17BrO3S. The Morgan fingerprint density at radius 1 is 1.50 bits per heavy atom. The lowest BCUT2D eigenvalue weighted by Crippen LogP contribution is -2.31. The summed E-state index contributed by atoms with van der Waals surface area (Å²) in [6.45, 7) is 1.99. The van der Waals surface area contributed by atoms with Gasteiger partial charge in [-0.25, -0.2) is 0 Å². The average Bonchev–Trinajstić information content (AvgIpc) is 2.67. The molecule has 3 nitrogen and oxygen atoms in total. The highest BCUT2D eigenvalue weighted by Gasteiger charge is 2.37. The van der Waals surface area contributed by atoms with E-state index in [9.17, 15) is 15.0 Å². The largest absolute Gasteiger partial charge is 0.481 e. The molecule has 1 aliphatic rings. The summed E-state index contributed by atoms with van der Waals surface area (Å²) in [6, 6.07) is 1.97. The van der Waals surface area contributed by atoms with Crippen molar-refractivity contribution in [2.24, 2.45) is 11.8 Å². The molecule has 0 saturated heterocycles. The Morgan fingerprint density at radius 3 is 2.72 bits per heavy atom. The number of aryl methyl sites for hydroxylation is 1. The number of carboxylic acids is 1. The summed E-state index contributed by atoms with van der Waals surface area (Å²) in [7, 11) is 0. The summed E-state index contributed by atoms with van der Waals surface area (Å²) >= 11 is 4.98. The Morgan fingerprint density at radius 2 is 2.17 bits per heavy atom. The van der Waals surface area contributed by atoms with E-state index >= 15 is 0 Å². The zero-order valence-corrected chi connectivity index (χ0v) is 12.6. The van der Waals surface area contributed by atoms with Gasteiger partial charge in [-0.3, -0.25) is 4.79 Å². The molecule has 1 saturated carbocycles. The van der Waals surface area contributed by atoms with Crippen molar-refractivity contribution >= 4 is 33.2 Å². The number of hydrogen-bond acceptors (Lipinski definition) is 3. The van der Waals surface area contributed by atoms with Crippen LogP contribution in [0.4, 0.5) is 0 Å².